The van der Waals surface area contributed by atoms with Gasteiger partial charge in [0.1, 0.15) is 0 Å². The van der Waals surface area contributed by atoms with Gasteiger partial charge in [-0.15, -0.1) is 0 Å². The van der Waals surface area contributed by atoms with E-state index in [1.165, 1.54) is 11.3 Å². The molecule has 114 valence electrons. The lowest BCUT2D eigenvalue weighted by Crippen LogP contribution is -2.47. The highest BCUT2D eigenvalue weighted by atomic mass is 16.1. The number of carbonyl (C=O) groups is 1. The van der Waals surface area contributed by atoms with Gasteiger partial charge in [0.15, 0.2) is 0 Å². The number of aryl methyl sites for hydroxylation is 1. The van der Waals surface area contributed by atoms with Crippen LogP contribution in [0.2, 0.25) is 0 Å². The molecule has 2 unspecified atom stereocenters. The topological polar surface area (TPSA) is 44.4 Å². The molecule has 2 heterocycles. The van der Waals surface area contributed by atoms with Gasteiger partial charge in [0.25, 0.3) is 5.91 Å². The highest BCUT2D eigenvalue weighted by Crippen LogP contribution is 2.23. The second-order valence-electron chi connectivity index (χ2n) is 6.43. The average Bonchev–Trinajstić information content (AvgIpc) is 2.50. The molecule has 0 aliphatic carbocycles. The van der Waals surface area contributed by atoms with Crippen molar-refractivity contribution in [2.24, 2.45) is 0 Å². The number of hydrogen-bond acceptors (Lipinski definition) is 3. The van der Waals surface area contributed by atoms with E-state index in [1.54, 1.807) is 0 Å². The zero-order valence-electron chi connectivity index (χ0n) is 13.0. The number of piperidine rings is 1. The van der Waals surface area contributed by atoms with Gasteiger partial charge >= 0.3 is 0 Å². The van der Waals surface area contributed by atoms with E-state index in [2.05, 4.69) is 35.6 Å². The summed E-state index contributed by atoms with van der Waals surface area (Å²) in [7, 11) is 2.15. The summed E-state index contributed by atoms with van der Waals surface area (Å²) < 4.78 is 0. The van der Waals surface area contributed by atoms with Crippen LogP contribution in [0.15, 0.2) is 18.2 Å². The number of anilines is 1. The maximum atomic E-state index is 12.4. The molecule has 1 aromatic carbocycles. The first-order chi connectivity index (χ1) is 10.1. The Morgan fingerprint density at radius 2 is 2.29 bits per heavy atom. The lowest BCUT2D eigenvalue weighted by atomic mass is 9.97. The number of hydrogen-bond donors (Lipinski definition) is 2. The van der Waals surface area contributed by atoms with Crippen molar-refractivity contribution in [1.82, 2.24) is 10.2 Å². The van der Waals surface area contributed by atoms with Crippen molar-refractivity contribution >= 4 is 11.6 Å². The number of amides is 1. The van der Waals surface area contributed by atoms with Gasteiger partial charge in [-0.1, -0.05) is 0 Å². The Labute approximate surface area is 126 Å². The predicted octanol–water partition coefficient (Wildman–Crippen LogP) is 2.26. The summed E-state index contributed by atoms with van der Waals surface area (Å²) >= 11 is 0. The van der Waals surface area contributed by atoms with Crippen LogP contribution >= 0.6 is 0 Å². The van der Waals surface area contributed by atoms with Crippen molar-refractivity contribution in [3.63, 3.8) is 0 Å². The maximum absolute atomic E-state index is 12.4. The molecule has 2 atom stereocenters. The van der Waals surface area contributed by atoms with E-state index in [-0.39, 0.29) is 5.91 Å². The smallest absolute Gasteiger partial charge is 0.251 e. The summed E-state index contributed by atoms with van der Waals surface area (Å²) in [5, 5.41) is 6.59. The summed E-state index contributed by atoms with van der Waals surface area (Å²) in [5.41, 5.74) is 3.25. The van der Waals surface area contributed by atoms with Crippen molar-refractivity contribution in [3.8, 4) is 0 Å². The summed E-state index contributed by atoms with van der Waals surface area (Å²) in [4.78, 5) is 14.8. The normalized spacial score (nSPS) is 25.8. The summed E-state index contributed by atoms with van der Waals surface area (Å²) in [6.45, 7) is 4.31. The van der Waals surface area contributed by atoms with E-state index in [9.17, 15) is 4.79 Å². The molecule has 0 radical (unpaired) electrons. The molecule has 1 fully saturated rings. The third-order valence-corrected chi connectivity index (χ3v) is 4.85. The van der Waals surface area contributed by atoms with Gasteiger partial charge in [0.2, 0.25) is 0 Å². The van der Waals surface area contributed by atoms with Crippen LogP contribution in [0.5, 0.6) is 0 Å². The number of carbonyl (C=O) groups excluding carboxylic acids is 1. The number of rotatable bonds is 2. The number of nitrogens with zero attached hydrogens (tertiary/aromatic N) is 1. The minimum absolute atomic E-state index is 0.0742. The van der Waals surface area contributed by atoms with Crippen LogP contribution in [0.4, 0.5) is 5.69 Å². The van der Waals surface area contributed by atoms with Crippen molar-refractivity contribution in [2.45, 2.75) is 44.7 Å². The number of likely N-dealkylation sites (tertiary alicyclic amines) is 1. The molecule has 2 N–H and O–H groups in total. The van der Waals surface area contributed by atoms with E-state index >= 15 is 0 Å². The summed E-state index contributed by atoms with van der Waals surface area (Å²) in [6.07, 6.45) is 4.28. The fourth-order valence-electron chi connectivity index (χ4n) is 3.31. The lowest BCUT2D eigenvalue weighted by Gasteiger charge is -2.35. The van der Waals surface area contributed by atoms with Crippen molar-refractivity contribution in [3.05, 3.63) is 29.3 Å². The zero-order chi connectivity index (χ0) is 14.8. The van der Waals surface area contributed by atoms with Gasteiger partial charge in [0.05, 0.1) is 0 Å². The molecule has 0 aromatic heterocycles. The maximum Gasteiger partial charge on any atom is 0.251 e. The van der Waals surface area contributed by atoms with Gasteiger partial charge < -0.3 is 15.5 Å². The van der Waals surface area contributed by atoms with Crippen molar-refractivity contribution < 1.29 is 4.79 Å². The minimum atomic E-state index is 0.0742. The second-order valence-corrected chi connectivity index (χ2v) is 6.43. The monoisotopic (exact) mass is 287 g/mol. The van der Waals surface area contributed by atoms with Crippen LogP contribution in [0.3, 0.4) is 0 Å². The van der Waals surface area contributed by atoms with Gasteiger partial charge in [-0.25, -0.2) is 0 Å². The van der Waals surface area contributed by atoms with Crippen LogP contribution in [-0.4, -0.2) is 43.0 Å². The largest absolute Gasteiger partial charge is 0.385 e. The van der Waals surface area contributed by atoms with Gasteiger partial charge in [-0.05, 0) is 63.4 Å². The fraction of sp³-hybridized carbons (Fsp3) is 0.588. The molecule has 1 amide bonds. The fourth-order valence-corrected chi connectivity index (χ4v) is 3.31. The van der Waals surface area contributed by atoms with Crippen molar-refractivity contribution in [1.29, 1.82) is 0 Å². The quantitative estimate of drug-likeness (QED) is 0.877. The van der Waals surface area contributed by atoms with E-state index in [0.29, 0.717) is 12.1 Å². The Morgan fingerprint density at radius 3 is 3.10 bits per heavy atom. The summed E-state index contributed by atoms with van der Waals surface area (Å²) in [6, 6.07) is 6.87. The Bertz CT molecular complexity index is 529. The Hall–Kier alpha value is -1.55. The Morgan fingerprint density at radius 1 is 1.43 bits per heavy atom. The molecular formula is C17H25N3O. The van der Waals surface area contributed by atoms with Gasteiger partial charge in [-0.2, -0.15) is 0 Å². The standard InChI is InChI=1S/C17H25N3O/c1-12-10-15(7-9-20(12)2)19-17(21)14-5-6-16-13(11-14)4-3-8-18-16/h5-6,11-12,15,18H,3-4,7-10H2,1-2H3,(H,19,21). The number of nitrogens with one attached hydrogen (secondary N) is 2. The molecule has 1 aromatic rings. The SMILES string of the molecule is CC1CC(NC(=O)c2ccc3c(c2)CCCN3)CCN1C. The van der Waals surface area contributed by atoms with Crippen LogP contribution < -0.4 is 10.6 Å². The van der Waals surface area contributed by atoms with Crippen LogP contribution in [0, 0.1) is 0 Å². The first-order valence-electron chi connectivity index (χ1n) is 8.01. The first kappa shape index (κ1) is 14.4. The first-order valence-corrected chi connectivity index (χ1v) is 8.01. The molecule has 0 bridgehead atoms. The minimum Gasteiger partial charge on any atom is -0.385 e. The second kappa shape index (κ2) is 6.06. The molecule has 3 rings (SSSR count). The predicted molar refractivity (Wildman–Crippen MR) is 85.8 cm³/mol. The molecule has 2 aliphatic heterocycles. The highest BCUT2D eigenvalue weighted by molar-refractivity contribution is 5.95. The third-order valence-electron chi connectivity index (χ3n) is 4.85. The number of benzene rings is 1. The Kier molecular flexibility index (Phi) is 4.15. The van der Waals surface area contributed by atoms with Gasteiger partial charge in [-0.3, -0.25) is 4.79 Å². The molecule has 0 saturated carbocycles. The van der Waals surface area contributed by atoms with E-state index in [0.717, 1.165) is 44.3 Å². The lowest BCUT2D eigenvalue weighted by molar-refractivity contribution is 0.0896. The molecule has 2 aliphatic rings. The highest BCUT2D eigenvalue weighted by Gasteiger charge is 2.24. The molecule has 4 heteroatoms. The summed E-state index contributed by atoms with van der Waals surface area (Å²) in [5.74, 6) is 0.0742. The average molecular weight is 287 g/mol. The molecule has 0 spiro atoms. The molecular weight excluding hydrogens is 262 g/mol. The molecule has 4 nitrogen and oxygen atoms in total. The third kappa shape index (κ3) is 3.21. The Balaban J connectivity index is 1.65. The number of fused-ring (bicyclic) bond motifs is 1. The van der Waals surface area contributed by atoms with Gasteiger partial charge in [0, 0.05) is 36.4 Å². The zero-order valence-corrected chi connectivity index (χ0v) is 13.0. The van der Waals surface area contributed by atoms with Crippen molar-refractivity contribution in [2.75, 3.05) is 25.5 Å². The van der Waals surface area contributed by atoms with Crippen LogP contribution in [0.25, 0.3) is 0 Å². The van der Waals surface area contributed by atoms with Crippen LogP contribution in [-0.2, 0) is 6.42 Å². The van der Waals surface area contributed by atoms with E-state index in [4.69, 9.17) is 0 Å². The van der Waals surface area contributed by atoms with E-state index in [1.807, 2.05) is 12.1 Å². The van der Waals surface area contributed by atoms with Crippen LogP contribution in [0.1, 0.15) is 42.1 Å². The molecule has 21 heavy (non-hydrogen) atoms. The molecule has 1 saturated heterocycles. The van der Waals surface area contributed by atoms with E-state index < -0.39 is 0 Å².